The van der Waals surface area contributed by atoms with Crippen LogP contribution in [0, 0.1) is 24.2 Å². The fourth-order valence-corrected chi connectivity index (χ4v) is 5.05. The summed E-state index contributed by atoms with van der Waals surface area (Å²) in [6.45, 7) is 0.0160. The van der Waals surface area contributed by atoms with Crippen molar-refractivity contribution in [3.63, 3.8) is 0 Å². The molecule has 3 fully saturated rings. The Morgan fingerprint density at radius 2 is 2.12 bits per heavy atom. The van der Waals surface area contributed by atoms with E-state index in [1.54, 1.807) is 12.2 Å². The maximum absolute atomic E-state index is 13.1. The number of carbonyl (C=O) groups is 3. The SMILES string of the molecule is C#CCN1C(=O)[C@@H]2[C@@H](C(=O)NC)[C@H]3C=C[C@@]2(O3)[C@@H]1C(=O)NC1CCCC1. The highest BCUT2D eigenvalue weighted by molar-refractivity contribution is 6.00. The molecule has 0 aromatic rings. The molecule has 1 spiro atoms. The number of hydrogen-bond acceptors (Lipinski definition) is 4. The number of nitrogens with one attached hydrogen (secondary N) is 2. The molecule has 3 aliphatic heterocycles. The Balaban J connectivity index is 1.69. The number of rotatable bonds is 4. The van der Waals surface area contributed by atoms with Gasteiger partial charge in [0, 0.05) is 13.1 Å². The van der Waals surface area contributed by atoms with Gasteiger partial charge in [-0.25, -0.2) is 0 Å². The highest BCUT2D eigenvalue weighted by Crippen LogP contribution is 2.54. The third-order valence-electron chi connectivity index (χ3n) is 6.13. The number of likely N-dealkylation sites (tertiary alicyclic amines) is 1. The van der Waals surface area contributed by atoms with E-state index in [1.807, 2.05) is 0 Å². The Labute approximate surface area is 152 Å². The van der Waals surface area contributed by atoms with Gasteiger partial charge in [-0.2, -0.15) is 0 Å². The van der Waals surface area contributed by atoms with Crippen molar-refractivity contribution >= 4 is 17.7 Å². The van der Waals surface area contributed by atoms with Crippen molar-refractivity contribution < 1.29 is 19.1 Å². The van der Waals surface area contributed by atoms with Crippen molar-refractivity contribution in [3.05, 3.63) is 12.2 Å². The van der Waals surface area contributed by atoms with Gasteiger partial charge in [-0.1, -0.05) is 30.9 Å². The largest absolute Gasteiger partial charge is 0.359 e. The van der Waals surface area contributed by atoms with Crippen LogP contribution in [0.4, 0.5) is 0 Å². The summed E-state index contributed by atoms with van der Waals surface area (Å²) in [6, 6.07) is -0.717. The van der Waals surface area contributed by atoms with E-state index in [1.165, 1.54) is 11.9 Å². The Bertz CT molecular complexity index is 721. The van der Waals surface area contributed by atoms with Crippen molar-refractivity contribution in [3.8, 4) is 12.3 Å². The highest BCUT2D eigenvalue weighted by Gasteiger charge is 2.72. The minimum Gasteiger partial charge on any atom is -0.359 e. The molecule has 1 aliphatic carbocycles. The second-order valence-electron chi connectivity index (χ2n) is 7.48. The minimum absolute atomic E-state index is 0.0160. The fourth-order valence-electron chi connectivity index (χ4n) is 5.05. The normalized spacial score (nSPS) is 37.7. The third-order valence-corrected chi connectivity index (χ3v) is 6.13. The number of carbonyl (C=O) groups excluding carboxylic acids is 3. The fraction of sp³-hybridized carbons (Fsp3) is 0.632. The van der Waals surface area contributed by atoms with Crippen molar-refractivity contribution in [2.75, 3.05) is 13.6 Å². The predicted octanol–water partition coefficient (Wildman–Crippen LogP) is -0.425. The predicted molar refractivity (Wildman–Crippen MR) is 92.5 cm³/mol. The van der Waals surface area contributed by atoms with Crippen molar-refractivity contribution in [1.82, 2.24) is 15.5 Å². The van der Waals surface area contributed by atoms with Gasteiger partial charge in [0.2, 0.25) is 17.7 Å². The van der Waals surface area contributed by atoms with E-state index in [4.69, 9.17) is 11.2 Å². The lowest BCUT2D eigenvalue weighted by Gasteiger charge is -2.32. The number of amides is 3. The lowest BCUT2D eigenvalue weighted by atomic mass is 9.74. The first-order chi connectivity index (χ1) is 12.5. The van der Waals surface area contributed by atoms with Gasteiger partial charge in [0.05, 0.1) is 24.5 Å². The molecule has 3 heterocycles. The van der Waals surface area contributed by atoms with Gasteiger partial charge in [-0.15, -0.1) is 6.42 Å². The average molecular weight is 357 g/mol. The van der Waals surface area contributed by atoms with Gasteiger partial charge in [0.15, 0.2) is 0 Å². The molecule has 138 valence electrons. The van der Waals surface area contributed by atoms with Crippen LogP contribution in [0.1, 0.15) is 25.7 Å². The zero-order valence-electron chi connectivity index (χ0n) is 14.7. The molecule has 2 saturated heterocycles. The van der Waals surface area contributed by atoms with Gasteiger partial charge in [0.25, 0.3) is 0 Å². The van der Waals surface area contributed by atoms with Gasteiger partial charge in [0.1, 0.15) is 11.6 Å². The van der Waals surface area contributed by atoms with E-state index < -0.39 is 29.6 Å². The molecular weight excluding hydrogens is 334 g/mol. The molecule has 5 atom stereocenters. The van der Waals surface area contributed by atoms with Crippen LogP contribution in [0.2, 0.25) is 0 Å². The van der Waals surface area contributed by atoms with Crippen LogP contribution in [-0.4, -0.2) is 60.0 Å². The molecule has 7 heteroatoms. The number of fused-ring (bicyclic) bond motifs is 1. The van der Waals surface area contributed by atoms with Crippen LogP contribution in [0.15, 0.2) is 12.2 Å². The molecular formula is C19H23N3O4. The number of hydrogen-bond donors (Lipinski definition) is 2. The first-order valence-electron chi connectivity index (χ1n) is 9.16. The van der Waals surface area contributed by atoms with E-state index in [0.717, 1.165) is 25.7 Å². The zero-order chi connectivity index (χ0) is 18.5. The van der Waals surface area contributed by atoms with E-state index in [0.29, 0.717) is 0 Å². The molecule has 0 radical (unpaired) electrons. The summed E-state index contributed by atoms with van der Waals surface area (Å²) in [5.74, 6) is 0.332. The van der Waals surface area contributed by atoms with Crippen molar-refractivity contribution in [2.24, 2.45) is 11.8 Å². The quantitative estimate of drug-likeness (QED) is 0.528. The molecule has 1 saturated carbocycles. The lowest BCUT2D eigenvalue weighted by Crippen LogP contribution is -2.56. The van der Waals surface area contributed by atoms with Crippen LogP contribution < -0.4 is 10.6 Å². The summed E-state index contributed by atoms with van der Waals surface area (Å²) in [5, 5.41) is 5.67. The molecule has 0 unspecified atom stereocenters. The molecule has 0 aromatic carbocycles. The van der Waals surface area contributed by atoms with Crippen LogP contribution in [0.25, 0.3) is 0 Å². The third kappa shape index (κ3) is 2.21. The highest BCUT2D eigenvalue weighted by atomic mass is 16.5. The number of ether oxygens (including phenoxy) is 1. The topological polar surface area (TPSA) is 87.7 Å². The summed E-state index contributed by atoms with van der Waals surface area (Å²) >= 11 is 0. The van der Waals surface area contributed by atoms with Crippen LogP contribution in [-0.2, 0) is 19.1 Å². The second kappa shape index (κ2) is 6.13. The van der Waals surface area contributed by atoms with E-state index in [-0.39, 0.29) is 30.3 Å². The van der Waals surface area contributed by atoms with Gasteiger partial charge in [-0.05, 0) is 12.8 Å². The molecule has 4 aliphatic rings. The Morgan fingerprint density at radius 1 is 1.38 bits per heavy atom. The molecule has 2 bridgehead atoms. The number of terminal acetylenes is 1. The maximum Gasteiger partial charge on any atom is 0.246 e. The van der Waals surface area contributed by atoms with Crippen LogP contribution in [0.5, 0.6) is 0 Å². The summed E-state index contributed by atoms with van der Waals surface area (Å²) in [4.78, 5) is 40.0. The zero-order valence-corrected chi connectivity index (χ0v) is 14.7. The number of nitrogens with zero attached hydrogens (tertiary/aromatic N) is 1. The summed E-state index contributed by atoms with van der Waals surface area (Å²) in [5.41, 5.74) is -1.11. The van der Waals surface area contributed by atoms with E-state index in [2.05, 4.69) is 16.6 Å². The lowest BCUT2D eigenvalue weighted by molar-refractivity contribution is -0.141. The smallest absolute Gasteiger partial charge is 0.246 e. The second-order valence-corrected chi connectivity index (χ2v) is 7.48. The summed E-state index contributed by atoms with van der Waals surface area (Å²) in [7, 11) is 1.54. The first kappa shape index (κ1) is 17.1. The molecule has 2 N–H and O–H groups in total. The van der Waals surface area contributed by atoms with E-state index >= 15 is 0 Å². The van der Waals surface area contributed by atoms with Gasteiger partial charge < -0.3 is 20.3 Å². The molecule has 0 aromatic heterocycles. The van der Waals surface area contributed by atoms with Crippen molar-refractivity contribution in [1.29, 1.82) is 0 Å². The van der Waals surface area contributed by atoms with Crippen LogP contribution in [0.3, 0.4) is 0 Å². The molecule has 26 heavy (non-hydrogen) atoms. The Hall–Kier alpha value is -2.33. The minimum atomic E-state index is -1.11. The first-order valence-corrected chi connectivity index (χ1v) is 9.16. The Kier molecular flexibility index (Phi) is 4.03. The van der Waals surface area contributed by atoms with Crippen molar-refractivity contribution in [2.45, 2.75) is 49.5 Å². The van der Waals surface area contributed by atoms with Crippen LogP contribution >= 0.6 is 0 Å². The molecule has 3 amide bonds. The monoisotopic (exact) mass is 357 g/mol. The standard InChI is InChI=1S/C19H23N3O4/c1-3-10-22-15(17(24)21-11-6-4-5-7-11)19-9-8-12(26-19)13(16(23)20-2)14(19)18(22)25/h1,8-9,11-15H,4-7,10H2,2H3,(H,20,23)(H,21,24)/t12-,13+,14+,15+,19+/m1/s1. The molecule has 7 nitrogen and oxygen atoms in total. The average Bonchev–Trinajstić information content (AvgIpc) is 3.37. The maximum atomic E-state index is 13.1. The Morgan fingerprint density at radius 3 is 2.77 bits per heavy atom. The summed E-state index contributed by atoms with van der Waals surface area (Å²) in [6.07, 6.45) is 12.6. The van der Waals surface area contributed by atoms with E-state index in [9.17, 15) is 14.4 Å². The summed E-state index contributed by atoms with van der Waals surface area (Å²) < 4.78 is 6.10. The molecule has 4 rings (SSSR count). The van der Waals surface area contributed by atoms with Gasteiger partial charge in [-0.3, -0.25) is 14.4 Å². The van der Waals surface area contributed by atoms with Gasteiger partial charge >= 0.3 is 0 Å².